The summed E-state index contributed by atoms with van der Waals surface area (Å²) in [6, 6.07) is 1.78. The molecule has 2 heterocycles. The molecule has 2 rings (SSSR count). The quantitative estimate of drug-likeness (QED) is 0.907. The van der Waals surface area contributed by atoms with Crippen LogP contribution in [0.4, 0.5) is 0 Å². The van der Waals surface area contributed by atoms with E-state index >= 15 is 0 Å². The Bertz CT molecular complexity index is 565. The Hall–Kier alpha value is -0.850. The van der Waals surface area contributed by atoms with Crippen molar-refractivity contribution in [1.29, 1.82) is 0 Å². The van der Waals surface area contributed by atoms with Gasteiger partial charge in [0.1, 0.15) is 16.4 Å². The Labute approximate surface area is 127 Å². The molecular weight excluding hydrogens is 288 g/mol. The molecule has 1 saturated heterocycles. The molecule has 6 heteroatoms. The first kappa shape index (κ1) is 16.5. The van der Waals surface area contributed by atoms with Gasteiger partial charge in [-0.25, -0.2) is 8.42 Å². The van der Waals surface area contributed by atoms with E-state index in [2.05, 4.69) is 12.2 Å². The summed E-state index contributed by atoms with van der Waals surface area (Å²) in [6.07, 6.45) is 4.98. The second-order valence-corrected chi connectivity index (χ2v) is 7.55. The molecule has 1 fully saturated rings. The van der Waals surface area contributed by atoms with Crippen LogP contribution >= 0.6 is 0 Å². The molecule has 1 aliphatic rings. The molecule has 120 valence electrons. The van der Waals surface area contributed by atoms with Crippen molar-refractivity contribution in [1.82, 2.24) is 9.62 Å². The van der Waals surface area contributed by atoms with Crippen LogP contribution in [0.15, 0.2) is 15.4 Å². The summed E-state index contributed by atoms with van der Waals surface area (Å²) in [5.41, 5.74) is 0. The fourth-order valence-electron chi connectivity index (χ4n) is 3.04. The van der Waals surface area contributed by atoms with Crippen molar-refractivity contribution in [2.45, 2.75) is 63.4 Å². The van der Waals surface area contributed by atoms with Gasteiger partial charge in [-0.05, 0) is 33.2 Å². The number of nitrogens with zero attached hydrogens (tertiary/aromatic N) is 1. The summed E-state index contributed by atoms with van der Waals surface area (Å²) in [5, 5.41) is 2.98. The zero-order valence-corrected chi connectivity index (χ0v) is 14.0. The van der Waals surface area contributed by atoms with Crippen molar-refractivity contribution in [2.75, 3.05) is 13.6 Å². The Morgan fingerprint density at radius 3 is 2.81 bits per heavy atom. The molecule has 1 aromatic rings. The summed E-state index contributed by atoms with van der Waals surface area (Å²) < 4.78 is 33.2. The molecule has 0 bridgehead atoms. The molecule has 1 atom stereocenters. The van der Waals surface area contributed by atoms with E-state index in [1.165, 1.54) is 0 Å². The average molecular weight is 314 g/mol. The maximum Gasteiger partial charge on any atom is 0.246 e. The third kappa shape index (κ3) is 3.49. The fraction of sp³-hybridized carbons (Fsp3) is 0.733. The van der Waals surface area contributed by atoms with Crippen molar-refractivity contribution in [3.63, 3.8) is 0 Å². The second-order valence-electron chi connectivity index (χ2n) is 5.69. The van der Waals surface area contributed by atoms with E-state index in [4.69, 9.17) is 4.42 Å². The normalized spacial score (nSPS) is 21.4. The highest BCUT2D eigenvalue weighted by Gasteiger charge is 2.34. The summed E-state index contributed by atoms with van der Waals surface area (Å²) >= 11 is 0. The molecule has 21 heavy (non-hydrogen) atoms. The first-order valence-electron chi connectivity index (χ1n) is 7.76. The summed E-state index contributed by atoms with van der Waals surface area (Å²) in [4.78, 5) is 0.327. The van der Waals surface area contributed by atoms with Crippen LogP contribution in [0.25, 0.3) is 0 Å². The first-order chi connectivity index (χ1) is 10.0. The zero-order valence-electron chi connectivity index (χ0n) is 13.2. The van der Waals surface area contributed by atoms with Gasteiger partial charge in [0.05, 0.1) is 6.54 Å². The van der Waals surface area contributed by atoms with Crippen LogP contribution in [0.1, 0.15) is 50.5 Å². The Morgan fingerprint density at radius 1 is 1.38 bits per heavy atom. The fourth-order valence-corrected chi connectivity index (χ4v) is 5.00. The molecule has 5 nitrogen and oxygen atoms in total. The molecule has 0 aliphatic carbocycles. The number of aryl methyl sites for hydroxylation is 1. The minimum atomic E-state index is -3.46. The molecule has 0 aromatic carbocycles. The third-order valence-electron chi connectivity index (χ3n) is 4.16. The van der Waals surface area contributed by atoms with Crippen LogP contribution in [-0.4, -0.2) is 32.4 Å². The molecule has 1 aromatic heterocycles. The Kier molecular flexibility index (Phi) is 5.46. The number of nitrogens with one attached hydrogen (secondary N) is 1. The van der Waals surface area contributed by atoms with Gasteiger partial charge in [-0.1, -0.05) is 19.8 Å². The highest BCUT2D eigenvalue weighted by molar-refractivity contribution is 7.89. The van der Waals surface area contributed by atoms with Crippen LogP contribution in [0.2, 0.25) is 0 Å². The number of furan rings is 1. The van der Waals surface area contributed by atoms with Crippen LogP contribution in [-0.2, 0) is 16.6 Å². The van der Waals surface area contributed by atoms with Gasteiger partial charge in [0.25, 0.3) is 0 Å². The molecule has 0 radical (unpaired) electrons. The van der Waals surface area contributed by atoms with Crippen molar-refractivity contribution in [3.8, 4) is 0 Å². The van der Waals surface area contributed by atoms with Crippen molar-refractivity contribution in [3.05, 3.63) is 17.6 Å². The average Bonchev–Trinajstić information content (AvgIpc) is 2.68. The van der Waals surface area contributed by atoms with Crippen LogP contribution < -0.4 is 5.32 Å². The van der Waals surface area contributed by atoms with E-state index in [1.807, 2.05) is 7.05 Å². The van der Waals surface area contributed by atoms with Gasteiger partial charge in [-0.3, -0.25) is 0 Å². The standard InChI is InChI=1S/C15H26N2O3S/c1-4-13-8-6-5-7-9-17(13)21(18,19)15-10-14(11-16-3)20-12(15)2/h10,13,16H,4-9,11H2,1-3H3. The summed E-state index contributed by atoms with van der Waals surface area (Å²) in [5.74, 6) is 1.15. The largest absolute Gasteiger partial charge is 0.464 e. The van der Waals surface area contributed by atoms with E-state index in [0.717, 1.165) is 32.1 Å². The van der Waals surface area contributed by atoms with Crippen molar-refractivity contribution >= 4 is 10.0 Å². The Morgan fingerprint density at radius 2 is 2.14 bits per heavy atom. The van der Waals surface area contributed by atoms with Gasteiger partial charge in [0, 0.05) is 18.7 Å². The number of rotatable bonds is 5. The number of sulfonamides is 1. The van der Waals surface area contributed by atoms with Gasteiger partial charge in [-0.15, -0.1) is 0 Å². The first-order valence-corrected chi connectivity index (χ1v) is 9.20. The summed E-state index contributed by atoms with van der Waals surface area (Å²) in [6.45, 7) is 4.94. The molecule has 0 spiro atoms. The summed E-state index contributed by atoms with van der Waals surface area (Å²) in [7, 11) is -1.65. The van der Waals surface area contributed by atoms with E-state index < -0.39 is 10.0 Å². The van der Waals surface area contributed by atoms with E-state index in [9.17, 15) is 8.42 Å². The molecule has 1 N–H and O–H groups in total. The lowest BCUT2D eigenvalue weighted by Crippen LogP contribution is -2.39. The molecule has 1 unspecified atom stereocenters. The molecule has 0 saturated carbocycles. The van der Waals surface area contributed by atoms with Crippen LogP contribution in [0, 0.1) is 6.92 Å². The smallest absolute Gasteiger partial charge is 0.246 e. The number of hydrogen-bond donors (Lipinski definition) is 1. The topological polar surface area (TPSA) is 62.6 Å². The van der Waals surface area contributed by atoms with Crippen LogP contribution in [0.3, 0.4) is 0 Å². The lowest BCUT2D eigenvalue weighted by Gasteiger charge is -2.28. The zero-order chi connectivity index (χ0) is 15.5. The van der Waals surface area contributed by atoms with Gasteiger partial charge in [0.15, 0.2) is 0 Å². The minimum absolute atomic E-state index is 0.111. The van der Waals surface area contributed by atoms with E-state index in [0.29, 0.717) is 29.5 Å². The van der Waals surface area contributed by atoms with Crippen molar-refractivity contribution in [2.24, 2.45) is 0 Å². The maximum absolute atomic E-state index is 13.0. The van der Waals surface area contributed by atoms with Gasteiger partial charge in [-0.2, -0.15) is 4.31 Å². The highest BCUT2D eigenvalue weighted by atomic mass is 32.2. The lowest BCUT2D eigenvalue weighted by atomic mass is 10.1. The maximum atomic E-state index is 13.0. The lowest BCUT2D eigenvalue weighted by molar-refractivity contribution is 0.314. The van der Waals surface area contributed by atoms with E-state index in [1.54, 1.807) is 17.3 Å². The Balaban J connectivity index is 2.35. The SMILES string of the molecule is CCC1CCCCCN1S(=O)(=O)c1cc(CNC)oc1C. The van der Waals surface area contributed by atoms with Gasteiger partial charge in [0.2, 0.25) is 10.0 Å². The van der Waals surface area contributed by atoms with Crippen molar-refractivity contribution < 1.29 is 12.8 Å². The van der Waals surface area contributed by atoms with Gasteiger partial charge < -0.3 is 9.73 Å². The van der Waals surface area contributed by atoms with Crippen LogP contribution in [0.5, 0.6) is 0 Å². The highest BCUT2D eigenvalue weighted by Crippen LogP contribution is 2.29. The predicted octanol–water partition coefficient (Wildman–Crippen LogP) is 2.65. The molecule has 1 aliphatic heterocycles. The number of hydrogen-bond acceptors (Lipinski definition) is 4. The third-order valence-corrected chi connectivity index (χ3v) is 6.21. The predicted molar refractivity (Wildman–Crippen MR) is 82.6 cm³/mol. The molecular formula is C15H26N2O3S. The van der Waals surface area contributed by atoms with Gasteiger partial charge >= 0.3 is 0 Å². The monoisotopic (exact) mass is 314 g/mol. The second kappa shape index (κ2) is 6.94. The molecule has 0 amide bonds. The minimum Gasteiger partial charge on any atom is -0.464 e. The van der Waals surface area contributed by atoms with E-state index in [-0.39, 0.29) is 6.04 Å².